The van der Waals surface area contributed by atoms with Crippen molar-refractivity contribution in [2.45, 2.75) is 25.5 Å². The Labute approximate surface area is 90.8 Å². The van der Waals surface area contributed by atoms with Gasteiger partial charge in [0.2, 0.25) is 0 Å². The van der Waals surface area contributed by atoms with Crippen LogP contribution in [0.1, 0.15) is 18.5 Å². The third kappa shape index (κ3) is 2.54. The Hall–Kier alpha value is -0.360. The van der Waals surface area contributed by atoms with Crippen LogP contribution >= 0.6 is 22.6 Å². The van der Waals surface area contributed by atoms with Crippen molar-refractivity contribution < 1.29 is 4.74 Å². The molecule has 0 unspecified atom stereocenters. The molecular formula is C9H11IN2O. The summed E-state index contributed by atoms with van der Waals surface area (Å²) in [4.78, 5) is 4.26. The standard InChI is InChI=1S/C9H11IN2O/c10-9-4-8(13-7-1-2-7)3-6(5-11)12-9/h3-4,7H,1-2,5,11H2. The highest BCUT2D eigenvalue weighted by atomic mass is 127. The van der Waals surface area contributed by atoms with Gasteiger partial charge in [-0.2, -0.15) is 0 Å². The van der Waals surface area contributed by atoms with Gasteiger partial charge in [0.05, 0.1) is 11.8 Å². The first kappa shape index (κ1) is 9.21. The monoisotopic (exact) mass is 290 g/mol. The molecule has 1 aliphatic rings. The zero-order valence-electron chi connectivity index (χ0n) is 7.16. The fraction of sp³-hybridized carbons (Fsp3) is 0.444. The minimum Gasteiger partial charge on any atom is -0.490 e. The molecule has 0 bridgehead atoms. The highest BCUT2D eigenvalue weighted by Gasteiger charge is 2.23. The molecule has 13 heavy (non-hydrogen) atoms. The average Bonchev–Trinajstić information content (AvgIpc) is 2.87. The van der Waals surface area contributed by atoms with E-state index in [-0.39, 0.29) is 0 Å². The molecule has 0 spiro atoms. The van der Waals surface area contributed by atoms with E-state index in [2.05, 4.69) is 27.6 Å². The molecule has 1 aromatic rings. The number of nitrogens with two attached hydrogens (primary N) is 1. The van der Waals surface area contributed by atoms with Crippen molar-refractivity contribution in [3.8, 4) is 5.75 Å². The molecule has 0 atom stereocenters. The van der Waals surface area contributed by atoms with E-state index in [9.17, 15) is 0 Å². The van der Waals surface area contributed by atoms with Crippen LogP contribution in [0.2, 0.25) is 0 Å². The van der Waals surface area contributed by atoms with Gasteiger partial charge < -0.3 is 10.5 Å². The van der Waals surface area contributed by atoms with Gasteiger partial charge in [-0.15, -0.1) is 0 Å². The summed E-state index contributed by atoms with van der Waals surface area (Å²) in [6, 6.07) is 3.86. The predicted octanol–water partition coefficient (Wildman–Crippen LogP) is 1.69. The predicted molar refractivity (Wildman–Crippen MR) is 58.5 cm³/mol. The summed E-state index contributed by atoms with van der Waals surface area (Å²) < 4.78 is 6.59. The summed E-state index contributed by atoms with van der Waals surface area (Å²) in [5.74, 6) is 0.905. The molecule has 1 fully saturated rings. The molecule has 2 N–H and O–H groups in total. The SMILES string of the molecule is NCc1cc(OC2CC2)cc(I)n1. The van der Waals surface area contributed by atoms with E-state index in [1.165, 1.54) is 12.8 Å². The molecule has 0 saturated heterocycles. The molecule has 1 saturated carbocycles. The van der Waals surface area contributed by atoms with Crippen molar-refractivity contribution >= 4 is 22.6 Å². The Kier molecular flexibility index (Phi) is 2.69. The van der Waals surface area contributed by atoms with E-state index in [0.29, 0.717) is 12.6 Å². The minimum atomic E-state index is 0.434. The molecule has 2 rings (SSSR count). The van der Waals surface area contributed by atoms with Crippen molar-refractivity contribution in [1.29, 1.82) is 0 Å². The second kappa shape index (κ2) is 3.79. The average molecular weight is 290 g/mol. The Balaban J connectivity index is 2.17. The maximum atomic E-state index is 5.65. The lowest BCUT2D eigenvalue weighted by Crippen LogP contribution is -2.03. The van der Waals surface area contributed by atoms with Crippen molar-refractivity contribution in [3.05, 3.63) is 21.5 Å². The Bertz CT molecular complexity index is 312. The van der Waals surface area contributed by atoms with E-state index in [4.69, 9.17) is 10.5 Å². The molecule has 70 valence electrons. The van der Waals surface area contributed by atoms with Gasteiger partial charge in [0.1, 0.15) is 9.45 Å². The maximum absolute atomic E-state index is 5.65. The van der Waals surface area contributed by atoms with Gasteiger partial charge in [0.15, 0.2) is 0 Å². The fourth-order valence-corrected chi connectivity index (χ4v) is 1.69. The first-order valence-corrected chi connectivity index (χ1v) is 5.39. The number of rotatable bonds is 3. The summed E-state index contributed by atoms with van der Waals surface area (Å²) in [6.45, 7) is 0.470. The summed E-state index contributed by atoms with van der Waals surface area (Å²) in [6.07, 6.45) is 2.79. The van der Waals surface area contributed by atoms with Gasteiger partial charge >= 0.3 is 0 Å². The summed E-state index contributed by atoms with van der Waals surface area (Å²) in [5, 5.41) is 0. The molecule has 0 radical (unpaired) electrons. The minimum absolute atomic E-state index is 0.434. The number of pyridine rings is 1. The maximum Gasteiger partial charge on any atom is 0.124 e. The van der Waals surface area contributed by atoms with Crippen molar-refractivity contribution in [2.75, 3.05) is 0 Å². The van der Waals surface area contributed by atoms with Crippen LogP contribution in [0.3, 0.4) is 0 Å². The molecule has 1 aliphatic carbocycles. The van der Waals surface area contributed by atoms with E-state index < -0.39 is 0 Å². The van der Waals surface area contributed by atoms with Crippen molar-refractivity contribution in [3.63, 3.8) is 0 Å². The smallest absolute Gasteiger partial charge is 0.124 e. The molecule has 3 nitrogen and oxygen atoms in total. The Morgan fingerprint density at radius 3 is 2.92 bits per heavy atom. The lowest BCUT2D eigenvalue weighted by atomic mass is 10.3. The second-order valence-electron chi connectivity index (χ2n) is 3.14. The third-order valence-corrected chi connectivity index (χ3v) is 2.41. The fourth-order valence-electron chi connectivity index (χ4n) is 1.08. The number of aromatic nitrogens is 1. The van der Waals surface area contributed by atoms with Gasteiger partial charge in [-0.3, -0.25) is 0 Å². The van der Waals surface area contributed by atoms with Crippen LogP contribution in [0.25, 0.3) is 0 Å². The third-order valence-electron chi connectivity index (χ3n) is 1.86. The van der Waals surface area contributed by atoms with E-state index in [1.54, 1.807) is 0 Å². The molecule has 0 aromatic carbocycles. The topological polar surface area (TPSA) is 48.1 Å². The van der Waals surface area contributed by atoms with Crippen LogP contribution in [-0.4, -0.2) is 11.1 Å². The Morgan fingerprint density at radius 2 is 2.31 bits per heavy atom. The normalized spacial score (nSPS) is 15.8. The van der Waals surface area contributed by atoms with Crippen LogP contribution in [0.15, 0.2) is 12.1 Å². The number of hydrogen-bond acceptors (Lipinski definition) is 3. The first-order chi connectivity index (χ1) is 6.28. The molecule has 0 aliphatic heterocycles. The van der Waals surface area contributed by atoms with Gasteiger partial charge in [0, 0.05) is 18.7 Å². The van der Waals surface area contributed by atoms with E-state index >= 15 is 0 Å². The second-order valence-corrected chi connectivity index (χ2v) is 4.24. The van der Waals surface area contributed by atoms with Gasteiger partial charge in [-0.25, -0.2) is 4.98 Å². The highest BCUT2D eigenvalue weighted by molar-refractivity contribution is 14.1. The van der Waals surface area contributed by atoms with Crippen molar-refractivity contribution in [1.82, 2.24) is 4.98 Å². The molecule has 0 amide bonds. The Morgan fingerprint density at radius 1 is 1.54 bits per heavy atom. The first-order valence-electron chi connectivity index (χ1n) is 4.31. The molecule has 1 heterocycles. The zero-order chi connectivity index (χ0) is 9.26. The summed E-state index contributed by atoms with van der Waals surface area (Å²) in [5.41, 5.74) is 6.40. The number of hydrogen-bond donors (Lipinski definition) is 1. The van der Waals surface area contributed by atoms with E-state index in [1.807, 2.05) is 12.1 Å². The molecule has 1 aromatic heterocycles. The van der Waals surface area contributed by atoms with Gasteiger partial charge in [0.25, 0.3) is 0 Å². The quantitative estimate of drug-likeness (QED) is 0.680. The van der Waals surface area contributed by atoms with Crippen LogP contribution in [0.4, 0.5) is 0 Å². The van der Waals surface area contributed by atoms with Crippen LogP contribution < -0.4 is 10.5 Å². The van der Waals surface area contributed by atoms with E-state index in [0.717, 1.165) is 15.1 Å². The highest BCUT2D eigenvalue weighted by Crippen LogP contribution is 2.27. The number of nitrogens with zero attached hydrogens (tertiary/aromatic N) is 1. The summed E-state index contributed by atoms with van der Waals surface area (Å²) >= 11 is 2.17. The lowest BCUT2D eigenvalue weighted by molar-refractivity contribution is 0.302. The van der Waals surface area contributed by atoms with Gasteiger partial charge in [-0.05, 0) is 35.4 Å². The summed E-state index contributed by atoms with van der Waals surface area (Å²) in [7, 11) is 0. The largest absolute Gasteiger partial charge is 0.490 e. The number of halogens is 1. The van der Waals surface area contributed by atoms with Crippen LogP contribution in [0, 0.1) is 3.70 Å². The lowest BCUT2D eigenvalue weighted by Gasteiger charge is -2.06. The van der Waals surface area contributed by atoms with Gasteiger partial charge in [-0.1, -0.05) is 0 Å². The van der Waals surface area contributed by atoms with Crippen molar-refractivity contribution in [2.24, 2.45) is 5.73 Å². The van der Waals surface area contributed by atoms with Crippen LogP contribution in [-0.2, 0) is 6.54 Å². The molecular weight excluding hydrogens is 279 g/mol. The number of ether oxygens (including phenoxy) is 1. The zero-order valence-corrected chi connectivity index (χ0v) is 9.32. The molecule has 4 heteroatoms. The van der Waals surface area contributed by atoms with Crippen LogP contribution in [0.5, 0.6) is 5.75 Å².